The van der Waals surface area contributed by atoms with E-state index in [1.165, 1.54) is 0 Å². The lowest BCUT2D eigenvalue weighted by Gasteiger charge is -1.98. The molecule has 0 N–H and O–H groups in total. The van der Waals surface area contributed by atoms with Crippen LogP contribution >= 0.6 is 0 Å². The molecule has 0 saturated carbocycles. The van der Waals surface area contributed by atoms with Crippen LogP contribution in [0.15, 0.2) is 65.6 Å². The zero-order chi connectivity index (χ0) is 15.5. The van der Waals surface area contributed by atoms with E-state index in [9.17, 15) is 0 Å². The molecule has 0 aliphatic rings. The fraction of sp³-hybridized carbons (Fsp3) is 0.0625. The molecule has 0 aliphatic carbocycles. The van der Waals surface area contributed by atoms with Gasteiger partial charge >= 0.3 is 0 Å². The Hall–Kier alpha value is -3.35. The molecule has 1 aromatic carbocycles. The van der Waals surface area contributed by atoms with E-state index in [2.05, 4.69) is 25.4 Å². The van der Waals surface area contributed by atoms with E-state index >= 15 is 0 Å². The lowest BCUT2D eigenvalue weighted by atomic mass is 10.2. The van der Waals surface area contributed by atoms with Gasteiger partial charge in [0.25, 0.3) is 5.89 Å². The minimum Gasteiger partial charge on any atom is -0.334 e. The highest BCUT2D eigenvalue weighted by Gasteiger charge is 2.13. The van der Waals surface area contributed by atoms with Gasteiger partial charge in [0.15, 0.2) is 5.69 Å². The normalized spacial score (nSPS) is 10.8. The lowest BCUT2D eigenvalue weighted by Crippen LogP contribution is -1.99. The van der Waals surface area contributed by atoms with Crippen LogP contribution in [0.1, 0.15) is 5.56 Å². The summed E-state index contributed by atoms with van der Waals surface area (Å²) in [4.78, 5) is 8.31. The highest BCUT2D eigenvalue weighted by Crippen LogP contribution is 2.20. The van der Waals surface area contributed by atoms with Gasteiger partial charge in [-0.3, -0.25) is 4.98 Å². The van der Waals surface area contributed by atoms with Gasteiger partial charge in [0, 0.05) is 18.0 Å². The lowest BCUT2D eigenvalue weighted by molar-refractivity contribution is 0.432. The minimum atomic E-state index is 0.413. The van der Waals surface area contributed by atoms with Crippen molar-refractivity contribution in [2.45, 2.75) is 6.54 Å². The highest BCUT2D eigenvalue weighted by atomic mass is 16.5. The van der Waals surface area contributed by atoms with Crippen molar-refractivity contribution in [2.24, 2.45) is 0 Å². The maximum Gasteiger partial charge on any atom is 0.258 e. The van der Waals surface area contributed by atoms with Crippen molar-refractivity contribution in [2.75, 3.05) is 0 Å². The van der Waals surface area contributed by atoms with Crippen molar-refractivity contribution >= 4 is 0 Å². The van der Waals surface area contributed by atoms with Crippen molar-refractivity contribution in [3.05, 3.63) is 66.6 Å². The topological polar surface area (TPSA) is 82.5 Å². The average molecular weight is 304 g/mol. The average Bonchev–Trinajstić information content (AvgIpc) is 3.26. The maximum atomic E-state index is 5.27. The molecule has 3 heterocycles. The van der Waals surface area contributed by atoms with E-state index in [1.807, 2.05) is 42.5 Å². The third kappa shape index (κ3) is 2.84. The van der Waals surface area contributed by atoms with E-state index < -0.39 is 0 Å². The number of hydrogen-bond acceptors (Lipinski definition) is 6. The third-order valence-electron chi connectivity index (χ3n) is 3.31. The summed E-state index contributed by atoms with van der Waals surface area (Å²) in [7, 11) is 0. The van der Waals surface area contributed by atoms with Gasteiger partial charge in [-0.1, -0.05) is 40.7 Å². The summed E-state index contributed by atoms with van der Waals surface area (Å²) in [5, 5.41) is 12.2. The first-order valence-electron chi connectivity index (χ1n) is 7.07. The Kier molecular flexibility index (Phi) is 3.36. The smallest absolute Gasteiger partial charge is 0.258 e. The van der Waals surface area contributed by atoms with Crippen LogP contribution in [-0.2, 0) is 6.54 Å². The van der Waals surface area contributed by atoms with E-state index in [4.69, 9.17) is 4.52 Å². The van der Waals surface area contributed by atoms with Crippen LogP contribution in [-0.4, -0.2) is 30.1 Å². The zero-order valence-electron chi connectivity index (χ0n) is 12.1. The summed E-state index contributed by atoms with van der Waals surface area (Å²) in [5.74, 6) is 0.844. The van der Waals surface area contributed by atoms with Crippen LogP contribution in [0.4, 0.5) is 0 Å². The molecule has 7 heteroatoms. The third-order valence-corrected chi connectivity index (χ3v) is 3.31. The quantitative estimate of drug-likeness (QED) is 0.576. The Labute approximate surface area is 131 Å². The Balaban J connectivity index is 1.56. The molecule has 0 atom stereocenters. The Morgan fingerprint density at radius 1 is 1.00 bits per heavy atom. The largest absolute Gasteiger partial charge is 0.334 e. The van der Waals surface area contributed by atoms with Crippen LogP contribution in [0.2, 0.25) is 0 Å². The fourth-order valence-corrected chi connectivity index (χ4v) is 2.19. The van der Waals surface area contributed by atoms with Crippen molar-refractivity contribution in [1.82, 2.24) is 30.1 Å². The van der Waals surface area contributed by atoms with Gasteiger partial charge in [-0.2, -0.15) is 4.98 Å². The van der Waals surface area contributed by atoms with Crippen LogP contribution < -0.4 is 0 Å². The van der Waals surface area contributed by atoms with Gasteiger partial charge in [-0.25, -0.2) is 4.68 Å². The van der Waals surface area contributed by atoms with Crippen LogP contribution in [0.5, 0.6) is 0 Å². The molecule has 0 unspecified atom stereocenters. The van der Waals surface area contributed by atoms with Gasteiger partial charge in [-0.15, -0.1) is 5.10 Å². The van der Waals surface area contributed by atoms with Crippen molar-refractivity contribution < 1.29 is 4.52 Å². The predicted octanol–water partition coefficient (Wildman–Crippen LogP) is 2.44. The summed E-state index contributed by atoms with van der Waals surface area (Å²) < 4.78 is 7.01. The van der Waals surface area contributed by atoms with E-state index in [0.717, 1.165) is 11.1 Å². The summed E-state index contributed by atoms with van der Waals surface area (Å²) in [6.07, 6.45) is 5.15. The second-order valence-electron chi connectivity index (χ2n) is 4.95. The number of nitrogens with zero attached hydrogens (tertiary/aromatic N) is 6. The second kappa shape index (κ2) is 5.80. The molecule has 0 spiro atoms. The Morgan fingerprint density at radius 2 is 1.83 bits per heavy atom. The standard InChI is InChI=1S/C16H12N6O/c1-2-4-12(5-3-1)10-22-11-14(19-21-22)15-18-16(23-20-15)13-6-8-17-9-7-13/h1-9,11H,10H2. The zero-order valence-corrected chi connectivity index (χ0v) is 12.1. The molecule has 0 aliphatic heterocycles. The molecule has 112 valence electrons. The molecule has 0 fully saturated rings. The van der Waals surface area contributed by atoms with E-state index in [0.29, 0.717) is 24.0 Å². The van der Waals surface area contributed by atoms with Crippen LogP contribution in [0.25, 0.3) is 23.0 Å². The fourth-order valence-electron chi connectivity index (χ4n) is 2.19. The van der Waals surface area contributed by atoms with Crippen molar-refractivity contribution in [3.8, 4) is 23.0 Å². The van der Waals surface area contributed by atoms with Gasteiger partial charge < -0.3 is 4.52 Å². The first kappa shape index (κ1) is 13.3. The van der Waals surface area contributed by atoms with Gasteiger partial charge in [0.05, 0.1) is 12.7 Å². The van der Waals surface area contributed by atoms with Gasteiger partial charge in [0.2, 0.25) is 5.82 Å². The molecule has 4 aromatic rings. The molecule has 4 rings (SSSR count). The summed E-state index contributed by atoms with van der Waals surface area (Å²) in [5.41, 5.74) is 2.54. The summed E-state index contributed by atoms with van der Waals surface area (Å²) in [6.45, 7) is 0.642. The van der Waals surface area contributed by atoms with Crippen LogP contribution in [0, 0.1) is 0 Å². The highest BCUT2D eigenvalue weighted by molar-refractivity contribution is 5.55. The Bertz CT molecular complexity index is 900. The molecular formula is C16H12N6O. The Morgan fingerprint density at radius 3 is 2.65 bits per heavy atom. The van der Waals surface area contributed by atoms with E-state index in [-0.39, 0.29) is 0 Å². The molecule has 3 aromatic heterocycles. The molecule has 0 radical (unpaired) electrons. The first-order chi connectivity index (χ1) is 11.4. The molecule has 0 saturated heterocycles. The molecule has 23 heavy (non-hydrogen) atoms. The molecule has 0 bridgehead atoms. The predicted molar refractivity (Wildman–Crippen MR) is 82.1 cm³/mol. The SMILES string of the molecule is c1ccc(Cn2cc(-c3noc(-c4ccncc4)n3)nn2)cc1. The van der Waals surface area contributed by atoms with Crippen molar-refractivity contribution in [1.29, 1.82) is 0 Å². The summed E-state index contributed by atoms with van der Waals surface area (Å²) in [6, 6.07) is 13.7. The monoisotopic (exact) mass is 304 g/mol. The van der Waals surface area contributed by atoms with Gasteiger partial charge in [0.1, 0.15) is 0 Å². The molecule has 0 amide bonds. The number of benzene rings is 1. The summed E-state index contributed by atoms with van der Waals surface area (Å²) >= 11 is 0. The molecular weight excluding hydrogens is 292 g/mol. The number of rotatable bonds is 4. The second-order valence-corrected chi connectivity index (χ2v) is 4.95. The van der Waals surface area contributed by atoms with Crippen molar-refractivity contribution in [3.63, 3.8) is 0 Å². The minimum absolute atomic E-state index is 0.413. The van der Waals surface area contributed by atoms with Crippen LogP contribution in [0.3, 0.4) is 0 Å². The first-order valence-corrected chi connectivity index (χ1v) is 7.07. The number of pyridine rings is 1. The number of hydrogen-bond donors (Lipinski definition) is 0. The van der Waals surface area contributed by atoms with Gasteiger partial charge in [-0.05, 0) is 17.7 Å². The number of aromatic nitrogens is 6. The maximum absolute atomic E-state index is 5.27. The molecule has 7 nitrogen and oxygen atoms in total. The van der Waals surface area contributed by atoms with E-state index in [1.54, 1.807) is 23.3 Å².